The van der Waals surface area contributed by atoms with Crippen molar-refractivity contribution in [3.8, 4) is 11.3 Å². The van der Waals surface area contributed by atoms with Crippen LogP contribution in [0.2, 0.25) is 10.0 Å². The summed E-state index contributed by atoms with van der Waals surface area (Å²) in [6.07, 6.45) is 3.50. The minimum Gasteiger partial charge on any atom is -0.380 e. The Labute approximate surface area is 147 Å². The van der Waals surface area contributed by atoms with Crippen LogP contribution in [0.4, 0.5) is 5.82 Å². The van der Waals surface area contributed by atoms with Gasteiger partial charge in [-0.15, -0.1) is 0 Å². The van der Waals surface area contributed by atoms with Gasteiger partial charge in [-0.1, -0.05) is 29.3 Å². The fourth-order valence-corrected chi connectivity index (χ4v) is 3.05. The molecular formula is C16H12Cl2N6. The van der Waals surface area contributed by atoms with E-state index in [0.717, 1.165) is 22.3 Å². The molecule has 0 bridgehead atoms. The number of H-pyrrole nitrogens is 1. The molecule has 3 heterocycles. The minimum absolute atomic E-state index is 0.387. The third-order valence-corrected chi connectivity index (χ3v) is 4.36. The summed E-state index contributed by atoms with van der Waals surface area (Å²) in [6.45, 7) is 0.529. The van der Waals surface area contributed by atoms with Gasteiger partial charge in [0.1, 0.15) is 5.52 Å². The fourth-order valence-electron chi connectivity index (χ4n) is 2.58. The van der Waals surface area contributed by atoms with Crippen LogP contribution in [-0.4, -0.2) is 25.0 Å². The predicted octanol–water partition coefficient (Wildman–Crippen LogP) is 3.76. The van der Waals surface area contributed by atoms with Crippen LogP contribution in [0, 0.1) is 0 Å². The van der Waals surface area contributed by atoms with E-state index in [2.05, 4.69) is 20.3 Å². The molecule has 0 atom stereocenters. The summed E-state index contributed by atoms with van der Waals surface area (Å²) in [5.41, 5.74) is 9.96. The second-order valence-electron chi connectivity index (χ2n) is 5.34. The van der Waals surface area contributed by atoms with Crippen LogP contribution in [0.15, 0.2) is 42.7 Å². The summed E-state index contributed by atoms with van der Waals surface area (Å²) in [4.78, 5) is 4.37. The standard InChI is InChI=1S/C16H12Cl2N6/c17-11-2-1-9(12(18)6-11)8-24-14(3-4-21-24)10-5-13-15(20-7-10)16(19)23-22-13/h1-7H,8H2,(H3,19,22,23). The van der Waals surface area contributed by atoms with Gasteiger partial charge in [-0.3, -0.25) is 9.78 Å². The van der Waals surface area contributed by atoms with Crippen LogP contribution in [0.3, 0.4) is 0 Å². The van der Waals surface area contributed by atoms with Crippen molar-refractivity contribution in [1.82, 2.24) is 25.0 Å². The molecule has 0 aliphatic heterocycles. The number of hydrogen-bond donors (Lipinski definition) is 2. The molecule has 3 aromatic heterocycles. The molecule has 0 spiro atoms. The van der Waals surface area contributed by atoms with Crippen LogP contribution in [0.5, 0.6) is 0 Å². The molecule has 0 aliphatic carbocycles. The third kappa shape index (κ3) is 2.60. The molecule has 0 fully saturated rings. The lowest BCUT2D eigenvalue weighted by molar-refractivity contribution is 0.694. The number of hydrogen-bond acceptors (Lipinski definition) is 4. The number of fused-ring (bicyclic) bond motifs is 1. The van der Waals surface area contributed by atoms with E-state index in [0.29, 0.717) is 27.9 Å². The maximum Gasteiger partial charge on any atom is 0.171 e. The lowest BCUT2D eigenvalue weighted by Gasteiger charge is -2.09. The summed E-state index contributed by atoms with van der Waals surface area (Å²) in [5, 5.41) is 12.4. The Morgan fingerprint density at radius 1 is 1.17 bits per heavy atom. The second-order valence-corrected chi connectivity index (χ2v) is 6.18. The van der Waals surface area contributed by atoms with Crippen molar-refractivity contribution in [3.05, 3.63) is 58.3 Å². The molecule has 6 nitrogen and oxygen atoms in total. The lowest BCUT2D eigenvalue weighted by atomic mass is 10.1. The smallest absolute Gasteiger partial charge is 0.171 e. The zero-order chi connectivity index (χ0) is 16.7. The number of aromatic nitrogens is 5. The molecule has 4 rings (SSSR count). The topological polar surface area (TPSA) is 85.4 Å². The molecule has 120 valence electrons. The number of aromatic amines is 1. The first-order valence-electron chi connectivity index (χ1n) is 7.17. The Kier molecular flexibility index (Phi) is 3.63. The Hall–Kier alpha value is -2.57. The van der Waals surface area contributed by atoms with Crippen molar-refractivity contribution in [2.45, 2.75) is 6.54 Å². The lowest BCUT2D eigenvalue weighted by Crippen LogP contribution is -2.04. The monoisotopic (exact) mass is 358 g/mol. The van der Waals surface area contributed by atoms with Crippen molar-refractivity contribution < 1.29 is 0 Å². The largest absolute Gasteiger partial charge is 0.380 e. The first-order chi connectivity index (χ1) is 11.6. The van der Waals surface area contributed by atoms with Gasteiger partial charge < -0.3 is 5.73 Å². The number of halogens is 2. The number of nitrogen functional groups attached to an aromatic ring is 1. The van der Waals surface area contributed by atoms with Crippen molar-refractivity contribution in [2.24, 2.45) is 0 Å². The second kappa shape index (κ2) is 5.81. The SMILES string of the molecule is Nc1n[nH]c2cc(-c3ccnn3Cc3ccc(Cl)cc3Cl)cnc12. The van der Waals surface area contributed by atoms with E-state index in [4.69, 9.17) is 28.9 Å². The highest BCUT2D eigenvalue weighted by molar-refractivity contribution is 6.35. The molecule has 24 heavy (non-hydrogen) atoms. The average molecular weight is 359 g/mol. The van der Waals surface area contributed by atoms with Gasteiger partial charge in [0.05, 0.1) is 17.8 Å². The number of pyridine rings is 1. The highest BCUT2D eigenvalue weighted by Crippen LogP contribution is 2.26. The van der Waals surface area contributed by atoms with E-state index >= 15 is 0 Å². The fraction of sp³-hybridized carbons (Fsp3) is 0.0625. The zero-order valence-electron chi connectivity index (χ0n) is 12.4. The number of nitrogens with two attached hydrogens (primary N) is 1. The molecule has 0 saturated carbocycles. The summed E-state index contributed by atoms with van der Waals surface area (Å²) >= 11 is 12.2. The first kappa shape index (κ1) is 15.0. The van der Waals surface area contributed by atoms with Gasteiger partial charge in [0.15, 0.2) is 5.82 Å². The Bertz CT molecular complexity index is 1040. The van der Waals surface area contributed by atoms with Crippen LogP contribution >= 0.6 is 23.2 Å². The summed E-state index contributed by atoms with van der Waals surface area (Å²) < 4.78 is 1.86. The minimum atomic E-state index is 0.387. The van der Waals surface area contributed by atoms with Crippen molar-refractivity contribution in [2.75, 3.05) is 5.73 Å². The van der Waals surface area contributed by atoms with Gasteiger partial charge in [-0.2, -0.15) is 10.2 Å². The maximum absolute atomic E-state index is 6.26. The molecule has 0 aliphatic rings. The van der Waals surface area contributed by atoms with E-state index < -0.39 is 0 Å². The predicted molar refractivity (Wildman–Crippen MR) is 95.1 cm³/mol. The van der Waals surface area contributed by atoms with E-state index in [-0.39, 0.29) is 0 Å². The number of rotatable bonds is 3. The quantitative estimate of drug-likeness (QED) is 0.583. The Morgan fingerprint density at radius 3 is 2.88 bits per heavy atom. The summed E-state index contributed by atoms with van der Waals surface area (Å²) in [7, 11) is 0. The van der Waals surface area contributed by atoms with Crippen LogP contribution in [0.25, 0.3) is 22.3 Å². The number of nitrogens with zero attached hydrogens (tertiary/aromatic N) is 4. The van der Waals surface area contributed by atoms with Crippen molar-refractivity contribution in [1.29, 1.82) is 0 Å². The molecule has 1 aromatic carbocycles. The number of nitrogens with one attached hydrogen (secondary N) is 1. The number of benzene rings is 1. The highest BCUT2D eigenvalue weighted by atomic mass is 35.5. The molecule has 0 radical (unpaired) electrons. The van der Waals surface area contributed by atoms with Gasteiger partial charge in [0, 0.05) is 28.0 Å². The van der Waals surface area contributed by atoms with E-state index in [1.165, 1.54) is 0 Å². The zero-order valence-corrected chi connectivity index (χ0v) is 13.9. The van der Waals surface area contributed by atoms with Gasteiger partial charge in [0.2, 0.25) is 0 Å². The van der Waals surface area contributed by atoms with Gasteiger partial charge in [-0.25, -0.2) is 4.98 Å². The maximum atomic E-state index is 6.26. The van der Waals surface area contributed by atoms with Gasteiger partial charge >= 0.3 is 0 Å². The van der Waals surface area contributed by atoms with Crippen molar-refractivity contribution in [3.63, 3.8) is 0 Å². The molecule has 4 aromatic rings. The molecule has 8 heteroatoms. The normalized spacial score (nSPS) is 11.2. The molecule has 0 unspecified atom stereocenters. The average Bonchev–Trinajstić information content (AvgIpc) is 3.17. The molecule has 0 amide bonds. The Morgan fingerprint density at radius 2 is 2.04 bits per heavy atom. The number of anilines is 1. The summed E-state index contributed by atoms with van der Waals surface area (Å²) in [6, 6.07) is 9.30. The Balaban J connectivity index is 1.73. The molecule has 3 N–H and O–H groups in total. The molecular weight excluding hydrogens is 347 g/mol. The van der Waals surface area contributed by atoms with Gasteiger partial charge in [-0.05, 0) is 29.8 Å². The van der Waals surface area contributed by atoms with Gasteiger partial charge in [0.25, 0.3) is 0 Å². The summed E-state index contributed by atoms with van der Waals surface area (Å²) in [5.74, 6) is 0.387. The van der Waals surface area contributed by atoms with E-state index in [1.54, 1.807) is 18.5 Å². The van der Waals surface area contributed by atoms with Crippen LogP contribution in [-0.2, 0) is 6.54 Å². The van der Waals surface area contributed by atoms with Crippen molar-refractivity contribution >= 4 is 40.1 Å². The van der Waals surface area contributed by atoms with Crippen LogP contribution in [0.1, 0.15) is 5.56 Å². The van der Waals surface area contributed by atoms with E-state index in [1.807, 2.05) is 28.9 Å². The van der Waals surface area contributed by atoms with E-state index in [9.17, 15) is 0 Å². The first-order valence-corrected chi connectivity index (χ1v) is 7.93. The third-order valence-electron chi connectivity index (χ3n) is 3.77. The van der Waals surface area contributed by atoms with Crippen LogP contribution < -0.4 is 5.73 Å². The molecule has 0 saturated heterocycles. The highest BCUT2D eigenvalue weighted by Gasteiger charge is 2.11.